The molecule has 0 aliphatic rings. The third-order valence-electron chi connectivity index (χ3n) is 1.35. The first-order valence-corrected chi connectivity index (χ1v) is 3.58. The van der Waals surface area contributed by atoms with Crippen molar-refractivity contribution in [2.24, 2.45) is 17.2 Å². The van der Waals surface area contributed by atoms with E-state index in [-0.39, 0.29) is 25.4 Å². The zero-order chi connectivity index (χ0) is 9.56. The molecule has 0 spiro atoms. The minimum absolute atomic E-state index is 0.0434. The van der Waals surface area contributed by atoms with E-state index >= 15 is 0 Å². The number of rotatable bonds is 5. The van der Waals surface area contributed by atoms with Gasteiger partial charge in [0, 0.05) is 6.54 Å². The summed E-state index contributed by atoms with van der Waals surface area (Å²) in [5, 5.41) is 2.35. The van der Waals surface area contributed by atoms with Gasteiger partial charge in [0.05, 0.1) is 13.1 Å². The van der Waals surface area contributed by atoms with E-state index in [2.05, 4.69) is 5.32 Å². The van der Waals surface area contributed by atoms with Crippen LogP contribution in [0.1, 0.15) is 0 Å². The van der Waals surface area contributed by atoms with Gasteiger partial charge in [0.1, 0.15) is 6.04 Å². The highest BCUT2D eigenvalue weighted by Crippen LogP contribution is 1.81. The van der Waals surface area contributed by atoms with Crippen LogP contribution in [0, 0.1) is 0 Å². The summed E-state index contributed by atoms with van der Waals surface area (Å²) in [5.41, 5.74) is 15.3. The molecule has 0 aromatic heterocycles. The molecule has 6 heteroatoms. The Morgan fingerprint density at radius 3 is 2.08 bits per heavy atom. The molecule has 0 aromatic carbocycles. The van der Waals surface area contributed by atoms with Gasteiger partial charge in [-0.05, 0) is 0 Å². The van der Waals surface area contributed by atoms with E-state index in [4.69, 9.17) is 17.2 Å². The fourth-order valence-corrected chi connectivity index (χ4v) is 0.666. The van der Waals surface area contributed by atoms with Gasteiger partial charge in [0.15, 0.2) is 5.78 Å². The predicted octanol–water partition coefficient (Wildman–Crippen LogP) is -3.08. The van der Waals surface area contributed by atoms with Crippen LogP contribution in [0.5, 0.6) is 0 Å². The zero-order valence-corrected chi connectivity index (χ0v) is 6.75. The Kier molecular flexibility index (Phi) is 5.18. The molecule has 0 heterocycles. The Bertz CT molecular complexity index is 171. The molecule has 70 valence electrons. The maximum absolute atomic E-state index is 10.9. The van der Waals surface area contributed by atoms with Crippen molar-refractivity contribution < 1.29 is 9.59 Å². The number of carbonyl (C=O) groups is 2. The largest absolute Gasteiger partial charge is 0.344 e. The number of Topliss-reactive ketones (excluding diaryl/α,β-unsaturated/α-hetero) is 1. The third-order valence-corrected chi connectivity index (χ3v) is 1.35. The summed E-state index contributed by atoms with van der Waals surface area (Å²) in [4.78, 5) is 21.7. The molecule has 0 bridgehead atoms. The van der Waals surface area contributed by atoms with Gasteiger partial charge in [-0.25, -0.2) is 0 Å². The number of hydrogen-bond acceptors (Lipinski definition) is 5. The van der Waals surface area contributed by atoms with Gasteiger partial charge >= 0.3 is 0 Å². The van der Waals surface area contributed by atoms with E-state index in [1.54, 1.807) is 0 Å². The fraction of sp³-hybridized carbons (Fsp3) is 0.667. The number of amides is 1. The van der Waals surface area contributed by atoms with Crippen LogP contribution in [-0.4, -0.2) is 37.4 Å². The van der Waals surface area contributed by atoms with Crippen LogP contribution in [-0.2, 0) is 9.59 Å². The first-order chi connectivity index (χ1) is 5.65. The molecule has 0 aliphatic heterocycles. The Morgan fingerprint density at radius 1 is 1.17 bits per heavy atom. The Morgan fingerprint density at radius 2 is 1.75 bits per heavy atom. The SMILES string of the molecule is NCC(=O)NC(CN)C(=O)CN. The molecule has 7 N–H and O–H groups in total. The summed E-state index contributed by atoms with van der Waals surface area (Å²) >= 11 is 0. The normalized spacial score (nSPS) is 12.2. The van der Waals surface area contributed by atoms with E-state index in [1.807, 2.05) is 0 Å². The molecule has 0 radical (unpaired) electrons. The maximum Gasteiger partial charge on any atom is 0.234 e. The number of carbonyl (C=O) groups excluding carboxylic acids is 2. The number of ketones is 1. The minimum Gasteiger partial charge on any atom is -0.344 e. The standard InChI is InChI=1S/C6H14N4O2/c7-1-4(5(11)2-8)10-6(12)3-9/h4H,1-3,7-9H2,(H,10,12). The van der Waals surface area contributed by atoms with Crippen LogP contribution < -0.4 is 22.5 Å². The molecule has 12 heavy (non-hydrogen) atoms. The average molecular weight is 174 g/mol. The van der Waals surface area contributed by atoms with Crippen LogP contribution in [0.2, 0.25) is 0 Å². The van der Waals surface area contributed by atoms with E-state index in [0.717, 1.165) is 0 Å². The summed E-state index contributed by atoms with van der Waals surface area (Å²) in [6.07, 6.45) is 0. The molecular weight excluding hydrogens is 160 g/mol. The Labute approximate surface area is 70.5 Å². The van der Waals surface area contributed by atoms with Crippen LogP contribution in [0.25, 0.3) is 0 Å². The lowest BCUT2D eigenvalue weighted by atomic mass is 10.2. The highest BCUT2D eigenvalue weighted by atomic mass is 16.2. The molecule has 0 saturated carbocycles. The van der Waals surface area contributed by atoms with Crippen LogP contribution in [0.15, 0.2) is 0 Å². The quantitative estimate of drug-likeness (QED) is 0.352. The summed E-state index contributed by atoms with van der Waals surface area (Å²) in [5.74, 6) is -0.702. The highest BCUT2D eigenvalue weighted by Gasteiger charge is 2.16. The molecular formula is C6H14N4O2. The predicted molar refractivity (Wildman–Crippen MR) is 44.1 cm³/mol. The number of nitrogens with one attached hydrogen (secondary N) is 1. The van der Waals surface area contributed by atoms with Crippen molar-refractivity contribution in [3.05, 3.63) is 0 Å². The topological polar surface area (TPSA) is 124 Å². The van der Waals surface area contributed by atoms with Crippen molar-refractivity contribution in [3.8, 4) is 0 Å². The first kappa shape index (κ1) is 11.0. The molecule has 0 fully saturated rings. The van der Waals surface area contributed by atoms with Gasteiger partial charge in [-0.1, -0.05) is 0 Å². The van der Waals surface area contributed by atoms with Crippen molar-refractivity contribution in [2.45, 2.75) is 6.04 Å². The van der Waals surface area contributed by atoms with Crippen LogP contribution in [0.3, 0.4) is 0 Å². The Hall–Kier alpha value is -0.980. The molecule has 0 rings (SSSR count). The highest BCUT2D eigenvalue weighted by molar-refractivity contribution is 5.90. The van der Waals surface area contributed by atoms with Crippen LogP contribution >= 0.6 is 0 Å². The molecule has 0 aromatic rings. The minimum atomic E-state index is -0.703. The zero-order valence-electron chi connectivity index (χ0n) is 6.75. The van der Waals surface area contributed by atoms with Gasteiger partial charge in [0.25, 0.3) is 0 Å². The second kappa shape index (κ2) is 5.64. The second-order valence-electron chi connectivity index (χ2n) is 2.23. The molecule has 1 atom stereocenters. The van der Waals surface area contributed by atoms with E-state index < -0.39 is 11.9 Å². The third kappa shape index (κ3) is 3.42. The van der Waals surface area contributed by atoms with Gasteiger partial charge in [-0.3, -0.25) is 9.59 Å². The smallest absolute Gasteiger partial charge is 0.234 e. The lowest BCUT2D eigenvalue weighted by Crippen LogP contribution is -2.49. The monoisotopic (exact) mass is 174 g/mol. The first-order valence-electron chi connectivity index (χ1n) is 3.58. The lowest BCUT2D eigenvalue weighted by Gasteiger charge is -2.13. The average Bonchev–Trinajstić information content (AvgIpc) is 2.12. The Balaban J connectivity index is 3.99. The van der Waals surface area contributed by atoms with Crippen molar-refractivity contribution in [1.82, 2.24) is 5.32 Å². The second-order valence-corrected chi connectivity index (χ2v) is 2.23. The molecule has 0 aliphatic carbocycles. The van der Waals surface area contributed by atoms with Crippen molar-refractivity contribution in [1.29, 1.82) is 0 Å². The number of hydrogen-bond donors (Lipinski definition) is 4. The molecule has 1 amide bonds. The maximum atomic E-state index is 10.9. The van der Waals surface area contributed by atoms with Crippen molar-refractivity contribution >= 4 is 11.7 Å². The molecule has 1 unspecified atom stereocenters. The summed E-state index contributed by atoms with van der Waals surface area (Å²) in [6, 6.07) is -0.703. The summed E-state index contributed by atoms with van der Waals surface area (Å²) in [6.45, 7) is -0.247. The van der Waals surface area contributed by atoms with Crippen molar-refractivity contribution in [2.75, 3.05) is 19.6 Å². The van der Waals surface area contributed by atoms with Crippen LogP contribution in [0.4, 0.5) is 0 Å². The molecule has 0 saturated heterocycles. The van der Waals surface area contributed by atoms with Gasteiger partial charge in [-0.2, -0.15) is 0 Å². The van der Waals surface area contributed by atoms with E-state index in [9.17, 15) is 9.59 Å². The number of nitrogens with two attached hydrogens (primary N) is 3. The summed E-state index contributed by atoms with van der Waals surface area (Å²) in [7, 11) is 0. The fourth-order valence-electron chi connectivity index (χ4n) is 0.666. The van der Waals surface area contributed by atoms with E-state index in [0.29, 0.717) is 0 Å². The van der Waals surface area contributed by atoms with Crippen molar-refractivity contribution in [3.63, 3.8) is 0 Å². The summed E-state index contributed by atoms with van der Waals surface area (Å²) < 4.78 is 0. The van der Waals surface area contributed by atoms with Gasteiger partial charge < -0.3 is 22.5 Å². The van der Waals surface area contributed by atoms with Gasteiger partial charge in [-0.15, -0.1) is 0 Å². The lowest BCUT2D eigenvalue weighted by molar-refractivity contribution is -0.126. The molecule has 6 nitrogen and oxygen atoms in total. The van der Waals surface area contributed by atoms with Gasteiger partial charge in [0.2, 0.25) is 5.91 Å². The van der Waals surface area contributed by atoms with E-state index in [1.165, 1.54) is 0 Å².